The van der Waals surface area contributed by atoms with Crippen molar-refractivity contribution in [3.63, 3.8) is 0 Å². The molecule has 0 aliphatic heterocycles. The van der Waals surface area contributed by atoms with Crippen LogP contribution in [0.1, 0.15) is 16.1 Å². The SMILES string of the molecule is COc1ccc(-c2c(C)noc2-c2cc(C(=O)O)c(O)cc2O)cc1. The molecule has 2 aromatic carbocycles. The van der Waals surface area contributed by atoms with Gasteiger partial charge in [-0.2, -0.15) is 0 Å². The number of carboxylic acids is 1. The minimum Gasteiger partial charge on any atom is -0.507 e. The normalized spacial score (nSPS) is 10.6. The predicted octanol–water partition coefficient (Wildman–Crippen LogP) is 3.44. The maximum Gasteiger partial charge on any atom is 0.339 e. The summed E-state index contributed by atoms with van der Waals surface area (Å²) in [5, 5.41) is 32.9. The summed E-state index contributed by atoms with van der Waals surface area (Å²) >= 11 is 0. The summed E-state index contributed by atoms with van der Waals surface area (Å²) in [4.78, 5) is 11.2. The third-order valence-corrected chi connectivity index (χ3v) is 3.83. The summed E-state index contributed by atoms with van der Waals surface area (Å²) in [7, 11) is 1.56. The van der Waals surface area contributed by atoms with Crippen LogP contribution in [-0.2, 0) is 0 Å². The van der Waals surface area contributed by atoms with Crippen molar-refractivity contribution in [3.8, 4) is 39.7 Å². The predicted molar refractivity (Wildman–Crippen MR) is 89.0 cm³/mol. The molecule has 3 rings (SSSR count). The fourth-order valence-corrected chi connectivity index (χ4v) is 2.58. The Morgan fingerprint density at radius 1 is 1.12 bits per heavy atom. The van der Waals surface area contributed by atoms with E-state index in [1.807, 2.05) is 0 Å². The molecule has 25 heavy (non-hydrogen) atoms. The highest BCUT2D eigenvalue weighted by Gasteiger charge is 2.23. The lowest BCUT2D eigenvalue weighted by atomic mass is 9.97. The van der Waals surface area contributed by atoms with Crippen molar-refractivity contribution in [1.29, 1.82) is 0 Å². The Bertz CT molecular complexity index is 943. The van der Waals surface area contributed by atoms with Crippen LogP contribution in [0.3, 0.4) is 0 Å². The zero-order valence-electron chi connectivity index (χ0n) is 13.5. The number of methoxy groups -OCH3 is 1. The standard InChI is InChI=1S/C18H15NO6/c1-9-16(10-3-5-11(24-2)6-4-10)17(25-19-9)12-7-13(18(22)23)15(21)8-14(12)20/h3-8,20-21H,1-2H3,(H,22,23). The lowest BCUT2D eigenvalue weighted by Gasteiger charge is -2.08. The van der Waals surface area contributed by atoms with Crippen LogP contribution >= 0.6 is 0 Å². The molecular formula is C18H15NO6. The van der Waals surface area contributed by atoms with E-state index in [-0.39, 0.29) is 22.6 Å². The van der Waals surface area contributed by atoms with Crippen LogP contribution in [0.4, 0.5) is 0 Å². The average Bonchev–Trinajstić information content (AvgIpc) is 2.96. The summed E-state index contributed by atoms with van der Waals surface area (Å²) in [5.41, 5.74) is 1.73. The number of phenols is 2. The van der Waals surface area contributed by atoms with E-state index in [4.69, 9.17) is 9.26 Å². The van der Waals surface area contributed by atoms with E-state index >= 15 is 0 Å². The van der Waals surface area contributed by atoms with E-state index in [9.17, 15) is 20.1 Å². The maximum atomic E-state index is 11.2. The first-order valence-electron chi connectivity index (χ1n) is 7.32. The summed E-state index contributed by atoms with van der Waals surface area (Å²) in [6.07, 6.45) is 0. The molecule has 1 heterocycles. The van der Waals surface area contributed by atoms with Crippen molar-refractivity contribution < 1.29 is 29.4 Å². The van der Waals surface area contributed by atoms with E-state index < -0.39 is 11.7 Å². The molecule has 7 heteroatoms. The van der Waals surface area contributed by atoms with Crippen LogP contribution in [0.25, 0.3) is 22.5 Å². The highest BCUT2D eigenvalue weighted by atomic mass is 16.5. The number of phenolic OH excluding ortho intramolecular Hbond substituents is 1. The molecular weight excluding hydrogens is 326 g/mol. The number of carbonyl (C=O) groups is 1. The summed E-state index contributed by atoms with van der Waals surface area (Å²) < 4.78 is 10.5. The van der Waals surface area contributed by atoms with Gasteiger partial charge in [0, 0.05) is 6.07 Å². The third kappa shape index (κ3) is 2.87. The number of aromatic hydroxyl groups is 2. The Labute approximate surface area is 142 Å². The molecule has 7 nitrogen and oxygen atoms in total. The van der Waals surface area contributed by atoms with Crippen LogP contribution in [0.15, 0.2) is 40.9 Å². The Kier molecular flexibility index (Phi) is 4.06. The van der Waals surface area contributed by atoms with Crippen molar-refractivity contribution in [2.75, 3.05) is 7.11 Å². The number of aromatic carboxylic acids is 1. The molecule has 3 N–H and O–H groups in total. The monoisotopic (exact) mass is 341 g/mol. The lowest BCUT2D eigenvalue weighted by molar-refractivity contribution is 0.0694. The van der Waals surface area contributed by atoms with Gasteiger partial charge in [-0.15, -0.1) is 0 Å². The van der Waals surface area contributed by atoms with Gasteiger partial charge < -0.3 is 24.6 Å². The van der Waals surface area contributed by atoms with Gasteiger partial charge in [0.1, 0.15) is 22.8 Å². The van der Waals surface area contributed by atoms with Gasteiger partial charge in [-0.1, -0.05) is 17.3 Å². The van der Waals surface area contributed by atoms with Gasteiger partial charge in [0.05, 0.1) is 23.9 Å². The molecule has 0 unspecified atom stereocenters. The quantitative estimate of drug-likeness (QED) is 0.666. The van der Waals surface area contributed by atoms with Crippen molar-refractivity contribution in [2.24, 2.45) is 0 Å². The first-order chi connectivity index (χ1) is 11.9. The van der Waals surface area contributed by atoms with Crippen molar-refractivity contribution >= 4 is 5.97 Å². The van der Waals surface area contributed by atoms with Gasteiger partial charge in [-0.25, -0.2) is 4.79 Å². The molecule has 0 radical (unpaired) electrons. The van der Waals surface area contributed by atoms with E-state index in [2.05, 4.69) is 5.16 Å². The fourth-order valence-electron chi connectivity index (χ4n) is 2.58. The fraction of sp³-hybridized carbons (Fsp3) is 0.111. The van der Waals surface area contributed by atoms with Crippen LogP contribution < -0.4 is 4.74 Å². The van der Waals surface area contributed by atoms with Crippen LogP contribution in [0.5, 0.6) is 17.2 Å². The minimum absolute atomic E-state index is 0.126. The molecule has 0 atom stereocenters. The van der Waals surface area contributed by atoms with Crippen LogP contribution in [0.2, 0.25) is 0 Å². The molecule has 0 saturated heterocycles. The molecule has 3 aromatic rings. The number of hydrogen-bond acceptors (Lipinski definition) is 6. The number of nitrogens with zero attached hydrogens (tertiary/aromatic N) is 1. The molecule has 1 aromatic heterocycles. The number of hydrogen-bond donors (Lipinski definition) is 3. The smallest absolute Gasteiger partial charge is 0.339 e. The number of aromatic nitrogens is 1. The van der Waals surface area contributed by atoms with Crippen molar-refractivity contribution in [1.82, 2.24) is 5.16 Å². The van der Waals surface area contributed by atoms with E-state index in [1.54, 1.807) is 38.3 Å². The molecule has 0 aliphatic carbocycles. The van der Waals surface area contributed by atoms with Gasteiger partial charge in [0.15, 0.2) is 5.76 Å². The Morgan fingerprint density at radius 2 is 1.80 bits per heavy atom. The number of rotatable bonds is 4. The highest BCUT2D eigenvalue weighted by molar-refractivity contribution is 5.94. The average molecular weight is 341 g/mol. The molecule has 0 amide bonds. The molecule has 0 spiro atoms. The zero-order valence-corrected chi connectivity index (χ0v) is 13.5. The maximum absolute atomic E-state index is 11.2. The molecule has 128 valence electrons. The van der Waals surface area contributed by atoms with Gasteiger partial charge in [0.2, 0.25) is 0 Å². The molecule has 0 bridgehead atoms. The second kappa shape index (κ2) is 6.20. The van der Waals surface area contributed by atoms with Crippen LogP contribution in [-0.4, -0.2) is 33.6 Å². The Morgan fingerprint density at radius 3 is 2.40 bits per heavy atom. The lowest BCUT2D eigenvalue weighted by Crippen LogP contribution is -1.97. The number of ether oxygens (including phenoxy) is 1. The molecule has 0 fully saturated rings. The Balaban J connectivity index is 2.19. The first kappa shape index (κ1) is 16.4. The van der Waals surface area contributed by atoms with Gasteiger partial charge >= 0.3 is 5.97 Å². The summed E-state index contributed by atoms with van der Waals surface area (Å²) in [6, 6.07) is 9.26. The highest BCUT2D eigenvalue weighted by Crippen LogP contribution is 2.41. The number of carboxylic acid groups (broad SMARTS) is 1. The van der Waals surface area contributed by atoms with Crippen molar-refractivity contribution in [3.05, 3.63) is 47.7 Å². The molecule has 0 saturated carbocycles. The number of benzene rings is 2. The van der Waals surface area contributed by atoms with Gasteiger partial charge in [-0.3, -0.25) is 0 Å². The van der Waals surface area contributed by atoms with E-state index in [0.717, 1.165) is 17.7 Å². The topological polar surface area (TPSA) is 113 Å². The summed E-state index contributed by atoms with van der Waals surface area (Å²) in [6.45, 7) is 1.74. The third-order valence-electron chi connectivity index (χ3n) is 3.83. The second-order valence-corrected chi connectivity index (χ2v) is 5.39. The second-order valence-electron chi connectivity index (χ2n) is 5.39. The van der Waals surface area contributed by atoms with Crippen LogP contribution in [0, 0.1) is 6.92 Å². The van der Waals surface area contributed by atoms with Crippen molar-refractivity contribution in [2.45, 2.75) is 6.92 Å². The van der Waals surface area contributed by atoms with E-state index in [0.29, 0.717) is 17.0 Å². The van der Waals surface area contributed by atoms with E-state index in [1.165, 1.54) is 0 Å². The first-order valence-corrected chi connectivity index (χ1v) is 7.32. The van der Waals surface area contributed by atoms with Gasteiger partial charge in [0.25, 0.3) is 0 Å². The summed E-state index contributed by atoms with van der Waals surface area (Å²) in [5.74, 6) is -1.27. The Hall–Kier alpha value is -3.48. The molecule has 0 aliphatic rings. The largest absolute Gasteiger partial charge is 0.507 e. The minimum atomic E-state index is -1.32. The number of aryl methyl sites for hydroxylation is 1. The van der Waals surface area contributed by atoms with Gasteiger partial charge in [-0.05, 0) is 30.7 Å². The zero-order chi connectivity index (χ0) is 18.1.